The van der Waals surface area contributed by atoms with Crippen molar-refractivity contribution in [1.82, 2.24) is 4.90 Å². The lowest BCUT2D eigenvalue weighted by molar-refractivity contribution is 0.611. The SMILES string of the molecule is C/C(=N\N=C(/N)N(C)C)c1ccccc1. The third kappa shape index (κ3) is 3.42. The number of hydrogen-bond acceptors (Lipinski definition) is 2. The van der Waals surface area contributed by atoms with Gasteiger partial charge in [0.2, 0.25) is 5.96 Å². The average Bonchev–Trinajstić information content (AvgIpc) is 2.26. The molecule has 80 valence electrons. The molecule has 0 unspecified atom stereocenters. The lowest BCUT2D eigenvalue weighted by atomic mass is 10.1. The molecular formula is C11H16N4. The predicted molar refractivity (Wildman–Crippen MR) is 64.0 cm³/mol. The van der Waals surface area contributed by atoms with Gasteiger partial charge in [0.15, 0.2) is 0 Å². The molecule has 0 saturated carbocycles. The molecule has 0 aliphatic rings. The standard InChI is InChI=1S/C11H16N4/c1-9(10-7-5-4-6-8-10)13-14-11(12)15(2)3/h4-8H,1-3H3,(H2,12,14)/b13-9+. The summed E-state index contributed by atoms with van der Waals surface area (Å²) < 4.78 is 0. The largest absolute Gasteiger partial charge is 0.368 e. The van der Waals surface area contributed by atoms with Crippen molar-refractivity contribution >= 4 is 11.7 Å². The molecule has 0 atom stereocenters. The number of nitrogens with zero attached hydrogens (tertiary/aromatic N) is 3. The molecule has 4 nitrogen and oxygen atoms in total. The van der Waals surface area contributed by atoms with E-state index in [1.165, 1.54) is 0 Å². The van der Waals surface area contributed by atoms with Gasteiger partial charge in [-0.15, -0.1) is 5.10 Å². The molecule has 0 saturated heterocycles. The van der Waals surface area contributed by atoms with E-state index in [0.29, 0.717) is 5.96 Å². The molecule has 0 radical (unpaired) electrons. The highest BCUT2D eigenvalue weighted by molar-refractivity contribution is 5.98. The summed E-state index contributed by atoms with van der Waals surface area (Å²) in [7, 11) is 3.65. The van der Waals surface area contributed by atoms with E-state index in [1.54, 1.807) is 4.90 Å². The summed E-state index contributed by atoms with van der Waals surface area (Å²) in [6, 6.07) is 9.87. The summed E-state index contributed by atoms with van der Waals surface area (Å²) in [6.07, 6.45) is 0. The fourth-order valence-electron chi connectivity index (χ4n) is 0.953. The van der Waals surface area contributed by atoms with Gasteiger partial charge in [-0.3, -0.25) is 0 Å². The molecule has 1 aromatic rings. The summed E-state index contributed by atoms with van der Waals surface area (Å²) in [5.74, 6) is 0.394. The summed E-state index contributed by atoms with van der Waals surface area (Å²) in [5.41, 5.74) is 7.51. The minimum absolute atomic E-state index is 0.394. The van der Waals surface area contributed by atoms with Crippen molar-refractivity contribution in [2.75, 3.05) is 14.1 Å². The van der Waals surface area contributed by atoms with Crippen molar-refractivity contribution in [2.24, 2.45) is 15.9 Å². The van der Waals surface area contributed by atoms with E-state index < -0.39 is 0 Å². The highest BCUT2D eigenvalue weighted by atomic mass is 15.3. The second kappa shape index (κ2) is 5.14. The van der Waals surface area contributed by atoms with Crippen molar-refractivity contribution in [3.8, 4) is 0 Å². The van der Waals surface area contributed by atoms with Gasteiger partial charge in [0.25, 0.3) is 0 Å². The van der Waals surface area contributed by atoms with Crippen molar-refractivity contribution in [1.29, 1.82) is 0 Å². The van der Waals surface area contributed by atoms with E-state index in [4.69, 9.17) is 5.73 Å². The molecule has 4 heteroatoms. The third-order valence-electron chi connectivity index (χ3n) is 1.95. The molecule has 0 aliphatic carbocycles. The fraction of sp³-hybridized carbons (Fsp3) is 0.273. The molecule has 0 spiro atoms. The Morgan fingerprint density at radius 3 is 2.27 bits per heavy atom. The van der Waals surface area contributed by atoms with Crippen LogP contribution in [0.3, 0.4) is 0 Å². The van der Waals surface area contributed by atoms with Crippen LogP contribution in [0.25, 0.3) is 0 Å². The zero-order valence-corrected chi connectivity index (χ0v) is 9.31. The molecule has 15 heavy (non-hydrogen) atoms. The number of hydrogen-bond donors (Lipinski definition) is 1. The smallest absolute Gasteiger partial charge is 0.215 e. The Balaban J connectivity index is 2.82. The molecule has 0 amide bonds. The Kier molecular flexibility index (Phi) is 3.85. The zero-order chi connectivity index (χ0) is 11.3. The van der Waals surface area contributed by atoms with Crippen LogP contribution < -0.4 is 5.73 Å². The molecule has 1 rings (SSSR count). The highest BCUT2D eigenvalue weighted by Crippen LogP contribution is 2.00. The third-order valence-corrected chi connectivity index (χ3v) is 1.95. The molecule has 1 aromatic carbocycles. The van der Waals surface area contributed by atoms with Crippen molar-refractivity contribution in [3.63, 3.8) is 0 Å². The Morgan fingerprint density at radius 2 is 1.73 bits per heavy atom. The minimum Gasteiger partial charge on any atom is -0.368 e. The number of benzene rings is 1. The molecule has 0 heterocycles. The zero-order valence-electron chi connectivity index (χ0n) is 9.31. The van der Waals surface area contributed by atoms with Gasteiger partial charge >= 0.3 is 0 Å². The lowest BCUT2D eigenvalue weighted by Crippen LogP contribution is -2.29. The van der Waals surface area contributed by atoms with Gasteiger partial charge in [-0.2, -0.15) is 5.10 Å². The molecule has 0 aliphatic heterocycles. The normalized spacial score (nSPS) is 12.7. The van der Waals surface area contributed by atoms with Crippen LogP contribution in [0, 0.1) is 0 Å². The maximum absolute atomic E-state index is 5.61. The maximum atomic E-state index is 5.61. The minimum atomic E-state index is 0.394. The van der Waals surface area contributed by atoms with Crippen LogP contribution in [0.1, 0.15) is 12.5 Å². The van der Waals surface area contributed by atoms with Crippen molar-refractivity contribution in [3.05, 3.63) is 35.9 Å². The maximum Gasteiger partial charge on any atom is 0.215 e. The summed E-state index contributed by atoms with van der Waals surface area (Å²) in [4.78, 5) is 1.71. The van der Waals surface area contributed by atoms with Gasteiger partial charge in [-0.1, -0.05) is 30.3 Å². The van der Waals surface area contributed by atoms with Crippen LogP contribution >= 0.6 is 0 Å². The van der Waals surface area contributed by atoms with E-state index in [-0.39, 0.29) is 0 Å². The van der Waals surface area contributed by atoms with E-state index >= 15 is 0 Å². The first-order valence-corrected chi connectivity index (χ1v) is 4.71. The Bertz CT molecular complexity index is 365. The lowest BCUT2D eigenvalue weighted by Gasteiger charge is -2.08. The quantitative estimate of drug-likeness (QED) is 0.448. The van der Waals surface area contributed by atoms with E-state index in [0.717, 1.165) is 11.3 Å². The van der Waals surface area contributed by atoms with Crippen LogP contribution in [-0.2, 0) is 0 Å². The number of rotatable bonds is 2. The van der Waals surface area contributed by atoms with Crippen LogP contribution in [0.4, 0.5) is 0 Å². The first kappa shape index (κ1) is 11.2. The first-order valence-electron chi connectivity index (χ1n) is 4.71. The topological polar surface area (TPSA) is 54.0 Å². The highest BCUT2D eigenvalue weighted by Gasteiger charge is 1.96. The van der Waals surface area contributed by atoms with Crippen LogP contribution in [0.15, 0.2) is 40.5 Å². The molecular weight excluding hydrogens is 188 g/mol. The van der Waals surface area contributed by atoms with Crippen LogP contribution in [0.2, 0.25) is 0 Å². The van der Waals surface area contributed by atoms with Crippen LogP contribution in [0.5, 0.6) is 0 Å². The second-order valence-electron chi connectivity index (χ2n) is 3.40. The summed E-state index contributed by atoms with van der Waals surface area (Å²) in [5, 5.41) is 7.96. The van der Waals surface area contributed by atoms with E-state index in [1.807, 2.05) is 51.4 Å². The number of nitrogens with two attached hydrogens (primary N) is 1. The van der Waals surface area contributed by atoms with E-state index in [9.17, 15) is 0 Å². The van der Waals surface area contributed by atoms with Gasteiger partial charge in [-0.05, 0) is 12.5 Å². The fourth-order valence-corrected chi connectivity index (χ4v) is 0.953. The Labute approximate surface area is 90.1 Å². The van der Waals surface area contributed by atoms with E-state index in [2.05, 4.69) is 10.2 Å². The summed E-state index contributed by atoms with van der Waals surface area (Å²) >= 11 is 0. The van der Waals surface area contributed by atoms with Crippen LogP contribution in [-0.4, -0.2) is 30.7 Å². The van der Waals surface area contributed by atoms with Gasteiger partial charge in [0, 0.05) is 14.1 Å². The van der Waals surface area contributed by atoms with Gasteiger partial charge in [0.1, 0.15) is 0 Å². The van der Waals surface area contributed by atoms with Crippen molar-refractivity contribution < 1.29 is 0 Å². The Morgan fingerprint density at radius 1 is 1.13 bits per heavy atom. The van der Waals surface area contributed by atoms with Gasteiger partial charge in [0.05, 0.1) is 5.71 Å². The molecule has 0 aromatic heterocycles. The first-order chi connectivity index (χ1) is 7.11. The molecule has 2 N–H and O–H groups in total. The average molecular weight is 204 g/mol. The molecule has 0 bridgehead atoms. The summed E-state index contributed by atoms with van der Waals surface area (Å²) in [6.45, 7) is 1.90. The number of guanidine groups is 1. The predicted octanol–water partition coefficient (Wildman–Crippen LogP) is 1.29. The van der Waals surface area contributed by atoms with Crippen molar-refractivity contribution in [2.45, 2.75) is 6.92 Å². The monoisotopic (exact) mass is 204 g/mol. The van der Waals surface area contributed by atoms with Gasteiger partial charge in [-0.25, -0.2) is 0 Å². The molecule has 0 fully saturated rings. The second-order valence-corrected chi connectivity index (χ2v) is 3.40. The van der Waals surface area contributed by atoms with Gasteiger partial charge < -0.3 is 10.6 Å². The Hall–Kier alpha value is -1.84.